The maximum atomic E-state index is 6.03. The number of nitrogens with one attached hydrogen (secondary N) is 1. The zero-order valence-electron chi connectivity index (χ0n) is 11.3. The second-order valence-electron chi connectivity index (χ2n) is 5.69. The number of imidazole rings is 1. The van der Waals surface area contributed by atoms with Gasteiger partial charge in [-0.3, -0.25) is 0 Å². The van der Waals surface area contributed by atoms with Crippen molar-refractivity contribution in [3.8, 4) is 5.95 Å². The Hall–Kier alpha value is -2.30. The van der Waals surface area contributed by atoms with Gasteiger partial charge in [0.15, 0.2) is 0 Å². The highest BCUT2D eigenvalue weighted by Crippen LogP contribution is 2.24. The summed E-state index contributed by atoms with van der Waals surface area (Å²) in [4.78, 5) is 7.73. The van der Waals surface area contributed by atoms with E-state index < -0.39 is 0 Å². The zero-order valence-corrected chi connectivity index (χ0v) is 11.3. The first-order chi connectivity index (χ1) is 8.95. The average molecular weight is 255 g/mol. The molecule has 0 radical (unpaired) electrons. The monoisotopic (exact) mass is 255 g/mol. The van der Waals surface area contributed by atoms with Crippen molar-refractivity contribution >= 4 is 16.9 Å². The Balaban J connectivity index is 2.13. The minimum atomic E-state index is -0.0363. The summed E-state index contributed by atoms with van der Waals surface area (Å²) < 4.78 is 1.65. The molecule has 0 aliphatic heterocycles. The van der Waals surface area contributed by atoms with Crippen LogP contribution in [0.1, 0.15) is 26.5 Å². The van der Waals surface area contributed by atoms with Gasteiger partial charge in [0, 0.05) is 11.5 Å². The van der Waals surface area contributed by atoms with Crippen molar-refractivity contribution in [1.29, 1.82) is 0 Å². The number of hydrogen-bond acceptors (Lipinski definition) is 3. The van der Waals surface area contributed by atoms with Crippen molar-refractivity contribution in [3.05, 3.63) is 36.0 Å². The van der Waals surface area contributed by atoms with E-state index in [1.165, 1.54) is 0 Å². The third-order valence-corrected chi connectivity index (χ3v) is 3.08. The van der Waals surface area contributed by atoms with Gasteiger partial charge in [-0.1, -0.05) is 32.9 Å². The number of hydrogen-bond donors (Lipinski definition) is 2. The Kier molecular flexibility index (Phi) is 2.38. The highest BCUT2D eigenvalue weighted by molar-refractivity contribution is 5.76. The van der Waals surface area contributed by atoms with Gasteiger partial charge < -0.3 is 10.7 Å². The van der Waals surface area contributed by atoms with E-state index in [1.807, 2.05) is 30.3 Å². The molecule has 19 heavy (non-hydrogen) atoms. The molecule has 1 aromatic carbocycles. The minimum Gasteiger partial charge on any atom is -0.383 e. The summed E-state index contributed by atoms with van der Waals surface area (Å²) in [5.41, 5.74) is 8.83. The van der Waals surface area contributed by atoms with Crippen LogP contribution in [-0.4, -0.2) is 19.7 Å². The van der Waals surface area contributed by atoms with E-state index in [2.05, 4.69) is 35.8 Å². The number of H-pyrrole nitrogens is 1. The maximum Gasteiger partial charge on any atom is 0.230 e. The molecule has 2 heterocycles. The van der Waals surface area contributed by atoms with Gasteiger partial charge in [-0.2, -0.15) is 9.78 Å². The van der Waals surface area contributed by atoms with Gasteiger partial charge in [0.1, 0.15) is 5.82 Å². The molecule has 0 saturated heterocycles. The van der Waals surface area contributed by atoms with Gasteiger partial charge in [-0.15, -0.1) is 0 Å². The smallest absolute Gasteiger partial charge is 0.230 e. The SMILES string of the molecule is CC(C)(C)c1cc(N)n(-c2nc3ccccc3[nH]2)n1. The van der Waals surface area contributed by atoms with Crippen molar-refractivity contribution in [3.63, 3.8) is 0 Å². The summed E-state index contributed by atoms with van der Waals surface area (Å²) >= 11 is 0. The van der Waals surface area contributed by atoms with E-state index in [9.17, 15) is 0 Å². The molecule has 2 aromatic heterocycles. The number of para-hydroxylation sites is 2. The Morgan fingerprint density at radius 3 is 2.58 bits per heavy atom. The lowest BCUT2D eigenvalue weighted by Gasteiger charge is -2.13. The Morgan fingerprint density at radius 2 is 1.95 bits per heavy atom. The summed E-state index contributed by atoms with van der Waals surface area (Å²) in [6.07, 6.45) is 0. The molecule has 0 unspecified atom stereocenters. The topological polar surface area (TPSA) is 72.5 Å². The lowest BCUT2D eigenvalue weighted by Crippen LogP contribution is -2.13. The quantitative estimate of drug-likeness (QED) is 0.702. The van der Waals surface area contributed by atoms with Crippen LogP contribution in [0, 0.1) is 0 Å². The van der Waals surface area contributed by atoms with Crippen LogP contribution in [0.5, 0.6) is 0 Å². The third kappa shape index (κ3) is 1.97. The number of aromatic amines is 1. The Morgan fingerprint density at radius 1 is 1.21 bits per heavy atom. The molecule has 5 nitrogen and oxygen atoms in total. The normalized spacial score (nSPS) is 12.2. The van der Waals surface area contributed by atoms with Crippen LogP contribution in [0.4, 0.5) is 5.82 Å². The number of benzene rings is 1. The van der Waals surface area contributed by atoms with Gasteiger partial charge in [0.05, 0.1) is 16.7 Å². The van der Waals surface area contributed by atoms with Crippen LogP contribution in [0.25, 0.3) is 17.0 Å². The fraction of sp³-hybridized carbons (Fsp3) is 0.286. The summed E-state index contributed by atoms with van der Waals surface area (Å²) in [6, 6.07) is 9.76. The van der Waals surface area contributed by atoms with Crippen LogP contribution in [0.3, 0.4) is 0 Å². The van der Waals surface area contributed by atoms with E-state index in [1.54, 1.807) is 4.68 Å². The average Bonchev–Trinajstić information content (AvgIpc) is 2.90. The van der Waals surface area contributed by atoms with Crippen LogP contribution >= 0.6 is 0 Å². The molecule has 3 N–H and O–H groups in total. The summed E-state index contributed by atoms with van der Waals surface area (Å²) in [6.45, 7) is 6.33. The van der Waals surface area contributed by atoms with E-state index >= 15 is 0 Å². The predicted octanol–water partition coefficient (Wildman–Crippen LogP) is 2.63. The highest BCUT2D eigenvalue weighted by Gasteiger charge is 2.20. The third-order valence-electron chi connectivity index (χ3n) is 3.08. The second-order valence-corrected chi connectivity index (χ2v) is 5.69. The van der Waals surface area contributed by atoms with E-state index in [0.717, 1.165) is 16.7 Å². The van der Waals surface area contributed by atoms with Crippen molar-refractivity contribution < 1.29 is 0 Å². The fourth-order valence-corrected chi connectivity index (χ4v) is 1.97. The molecule has 0 aliphatic carbocycles. The molecule has 98 valence electrons. The van der Waals surface area contributed by atoms with Crippen molar-refractivity contribution in [2.75, 3.05) is 5.73 Å². The van der Waals surface area contributed by atoms with Gasteiger partial charge in [-0.25, -0.2) is 4.98 Å². The van der Waals surface area contributed by atoms with E-state index in [0.29, 0.717) is 11.8 Å². The summed E-state index contributed by atoms with van der Waals surface area (Å²) in [5, 5.41) is 4.54. The standard InChI is InChI=1S/C14H17N5/c1-14(2,3)11-8-12(15)19(18-11)13-16-9-6-4-5-7-10(9)17-13/h4-8H,15H2,1-3H3,(H,16,17). The van der Waals surface area contributed by atoms with Crippen LogP contribution in [-0.2, 0) is 5.41 Å². The number of fused-ring (bicyclic) bond motifs is 1. The van der Waals surface area contributed by atoms with Gasteiger partial charge in [-0.05, 0) is 12.1 Å². The highest BCUT2D eigenvalue weighted by atomic mass is 15.4. The first-order valence-corrected chi connectivity index (χ1v) is 6.26. The molecule has 0 fully saturated rings. The first kappa shape index (κ1) is 11.8. The van der Waals surface area contributed by atoms with Gasteiger partial charge in [0.2, 0.25) is 5.95 Å². The van der Waals surface area contributed by atoms with Crippen molar-refractivity contribution in [1.82, 2.24) is 19.7 Å². The van der Waals surface area contributed by atoms with Gasteiger partial charge >= 0.3 is 0 Å². The maximum absolute atomic E-state index is 6.03. The lowest BCUT2D eigenvalue weighted by molar-refractivity contribution is 0.559. The molecule has 0 saturated carbocycles. The van der Waals surface area contributed by atoms with E-state index in [-0.39, 0.29) is 5.41 Å². The largest absolute Gasteiger partial charge is 0.383 e. The molecule has 3 rings (SSSR count). The predicted molar refractivity (Wildman–Crippen MR) is 76.3 cm³/mol. The lowest BCUT2D eigenvalue weighted by atomic mass is 9.92. The summed E-state index contributed by atoms with van der Waals surface area (Å²) in [5.74, 6) is 1.23. The minimum absolute atomic E-state index is 0.0363. The molecular weight excluding hydrogens is 238 g/mol. The number of nitrogen functional groups attached to an aromatic ring is 1. The molecule has 0 aliphatic rings. The number of nitrogens with zero attached hydrogens (tertiary/aromatic N) is 3. The fourth-order valence-electron chi connectivity index (χ4n) is 1.97. The molecular formula is C14H17N5. The Labute approximate surface area is 111 Å². The molecule has 3 aromatic rings. The number of nitrogens with two attached hydrogens (primary N) is 1. The molecule has 5 heteroatoms. The Bertz CT molecular complexity index is 697. The van der Waals surface area contributed by atoms with Crippen molar-refractivity contribution in [2.45, 2.75) is 26.2 Å². The van der Waals surface area contributed by atoms with E-state index in [4.69, 9.17) is 5.73 Å². The number of rotatable bonds is 1. The number of aromatic nitrogens is 4. The summed E-state index contributed by atoms with van der Waals surface area (Å²) in [7, 11) is 0. The first-order valence-electron chi connectivity index (χ1n) is 6.26. The van der Waals surface area contributed by atoms with Gasteiger partial charge in [0.25, 0.3) is 0 Å². The molecule has 0 atom stereocenters. The molecule has 0 spiro atoms. The van der Waals surface area contributed by atoms with Crippen LogP contribution < -0.4 is 5.73 Å². The van der Waals surface area contributed by atoms with Crippen LogP contribution in [0.2, 0.25) is 0 Å². The number of anilines is 1. The molecule has 0 amide bonds. The van der Waals surface area contributed by atoms with Crippen LogP contribution in [0.15, 0.2) is 30.3 Å². The second kappa shape index (κ2) is 3.85. The van der Waals surface area contributed by atoms with Crippen molar-refractivity contribution in [2.24, 2.45) is 0 Å². The molecule has 0 bridgehead atoms. The zero-order chi connectivity index (χ0) is 13.6.